The average molecular weight is 373 g/mol. The van der Waals surface area contributed by atoms with E-state index in [0.717, 1.165) is 35.5 Å². The number of rotatable bonds is 9. The first kappa shape index (κ1) is 33.3. The normalized spacial score (nSPS) is 10.5. The Morgan fingerprint density at radius 3 is 0.462 bits per heavy atom. The molecule has 1 heteroatoms. The molecule has 0 aromatic carbocycles. The third-order valence-corrected chi connectivity index (χ3v) is 3.96. The molecule has 0 radical (unpaired) electrons. The van der Waals surface area contributed by atoms with Crippen LogP contribution < -0.4 is 0 Å². The summed E-state index contributed by atoms with van der Waals surface area (Å²) >= 11 is 0. The summed E-state index contributed by atoms with van der Waals surface area (Å²) in [6.45, 7) is 29.4. The first-order chi connectivity index (χ1) is 11.9. The largest absolute Gasteiger partial charge is 0.307 e. The zero-order valence-corrected chi connectivity index (χ0v) is 20.8. The Kier molecular flexibility index (Phi) is 31.6. The molecule has 0 rings (SSSR count). The van der Waals surface area contributed by atoms with Crippen molar-refractivity contribution >= 4 is 6.79 Å². The number of hydrogen-bond acceptors (Lipinski definition) is 1. The highest BCUT2D eigenvalue weighted by molar-refractivity contribution is 5.10. The van der Waals surface area contributed by atoms with Crippen LogP contribution in [0.5, 0.6) is 0 Å². The van der Waals surface area contributed by atoms with Gasteiger partial charge in [-0.3, -0.25) is 0 Å². The van der Waals surface area contributed by atoms with E-state index in [-0.39, 0.29) is 0 Å². The Morgan fingerprint density at radius 1 is 0.346 bits per heavy atom. The molecule has 0 bridgehead atoms. The lowest BCUT2D eigenvalue weighted by Crippen LogP contribution is -1.91. The highest BCUT2D eigenvalue weighted by Gasteiger charge is 1.97. The SMILES string of the molecule is C=O.CC(C)CCC(C)C.CC(C)CCC(C)C.CC(C)CCC(C)C. The van der Waals surface area contributed by atoms with Gasteiger partial charge in [-0.05, 0) is 35.5 Å². The van der Waals surface area contributed by atoms with Gasteiger partial charge in [-0.25, -0.2) is 0 Å². The van der Waals surface area contributed by atoms with Gasteiger partial charge >= 0.3 is 0 Å². The standard InChI is InChI=1S/3C8H18.CH2O/c3*1-7(2)5-6-8(3)4;1-2/h3*7-8H,5-6H2,1-4H3;1H2. The molecule has 0 aliphatic rings. The predicted octanol–water partition coefficient (Wildman–Crippen LogP) is 9.05. The molecule has 0 atom stereocenters. The van der Waals surface area contributed by atoms with Gasteiger partial charge in [-0.15, -0.1) is 0 Å². The molecule has 0 fully saturated rings. The minimum Gasteiger partial charge on any atom is -0.307 e. The van der Waals surface area contributed by atoms with Crippen LogP contribution in [0, 0.1) is 35.5 Å². The third-order valence-electron chi connectivity index (χ3n) is 3.96. The highest BCUT2D eigenvalue weighted by Crippen LogP contribution is 2.11. The van der Waals surface area contributed by atoms with Gasteiger partial charge in [0.1, 0.15) is 6.79 Å². The molecule has 1 nitrogen and oxygen atoms in total. The molecule has 0 saturated heterocycles. The maximum atomic E-state index is 8.00. The van der Waals surface area contributed by atoms with E-state index in [0.29, 0.717) is 0 Å². The molecule has 0 aliphatic heterocycles. The van der Waals surface area contributed by atoms with E-state index in [1.165, 1.54) is 38.5 Å². The molecule has 162 valence electrons. The molecular weight excluding hydrogens is 316 g/mol. The average Bonchev–Trinajstić information content (AvgIpc) is 2.52. The monoisotopic (exact) mass is 372 g/mol. The number of hydrogen-bond donors (Lipinski definition) is 0. The Morgan fingerprint density at radius 2 is 0.423 bits per heavy atom. The summed E-state index contributed by atoms with van der Waals surface area (Å²) in [5.74, 6) is 5.32. The summed E-state index contributed by atoms with van der Waals surface area (Å²) < 4.78 is 0. The van der Waals surface area contributed by atoms with Gasteiger partial charge in [0.2, 0.25) is 0 Å². The van der Waals surface area contributed by atoms with Crippen molar-refractivity contribution in [2.75, 3.05) is 0 Å². The molecule has 0 aromatic heterocycles. The Labute approximate surface area is 169 Å². The molecule has 0 aliphatic carbocycles. The van der Waals surface area contributed by atoms with Gasteiger partial charge in [-0.2, -0.15) is 0 Å². The molecule has 0 saturated carbocycles. The second-order valence-electron chi connectivity index (χ2n) is 10.1. The summed E-state index contributed by atoms with van der Waals surface area (Å²) in [4.78, 5) is 8.00. The van der Waals surface area contributed by atoms with Crippen LogP contribution >= 0.6 is 0 Å². The van der Waals surface area contributed by atoms with E-state index in [1.54, 1.807) is 0 Å². The maximum Gasteiger partial charge on any atom is 0.106 e. The van der Waals surface area contributed by atoms with Gasteiger partial charge in [0.15, 0.2) is 0 Å². The maximum absolute atomic E-state index is 8.00. The first-order valence-electron chi connectivity index (χ1n) is 11.2. The summed E-state index contributed by atoms with van der Waals surface area (Å²) in [6, 6.07) is 0. The smallest absolute Gasteiger partial charge is 0.106 e. The van der Waals surface area contributed by atoms with Crippen molar-refractivity contribution in [1.29, 1.82) is 0 Å². The van der Waals surface area contributed by atoms with Crippen LogP contribution in [0.15, 0.2) is 0 Å². The van der Waals surface area contributed by atoms with Gasteiger partial charge in [0, 0.05) is 0 Å². The van der Waals surface area contributed by atoms with Crippen molar-refractivity contribution in [2.24, 2.45) is 35.5 Å². The summed E-state index contributed by atoms with van der Waals surface area (Å²) in [6.07, 6.45) is 8.32. The molecule has 0 N–H and O–H groups in total. The van der Waals surface area contributed by atoms with Gasteiger partial charge < -0.3 is 4.79 Å². The molecule has 0 amide bonds. The predicted molar refractivity (Wildman–Crippen MR) is 124 cm³/mol. The van der Waals surface area contributed by atoms with Crippen LogP contribution in [-0.2, 0) is 4.79 Å². The van der Waals surface area contributed by atoms with Crippen LogP contribution in [0.4, 0.5) is 0 Å². The van der Waals surface area contributed by atoms with Gasteiger partial charge in [-0.1, -0.05) is 122 Å². The van der Waals surface area contributed by atoms with Crippen LogP contribution in [-0.4, -0.2) is 6.79 Å². The van der Waals surface area contributed by atoms with E-state index < -0.39 is 0 Å². The van der Waals surface area contributed by atoms with Crippen molar-refractivity contribution in [1.82, 2.24) is 0 Å². The summed E-state index contributed by atoms with van der Waals surface area (Å²) in [7, 11) is 0. The van der Waals surface area contributed by atoms with E-state index in [1.807, 2.05) is 6.79 Å². The van der Waals surface area contributed by atoms with E-state index in [4.69, 9.17) is 4.79 Å². The molecular formula is C25H56O. The first-order valence-corrected chi connectivity index (χ1v) is 11.2. The highest BCUT2D eigenvalue weighted by atomic mass is 16.1. The fraction of sp³-hybridized carbons (Fsp3) is 0.960. The van der Waals surface area contributed by atoms with E-state index in [2.05, 4.69) is 83.1 Å². The lowest BCUT2D eigenvalue weighted by molar-refractivity contribution is -0.0979. The van der Waals surface area contributed by atoms with Crippen LogP contribution in [0.1, 0.15) is 122 Å². The zero-order valence-electron chi connectivity index (χ0n) is 20.8. The second-order valence-corrected chi connectivity index (χ2v) is 10.1. The topological polar surface area (TPSA) is 17.1 Å². The van der Waals surface area contributed by atoms with Gasteiger partial charge in [0.25, 0.3) is 0 Å². The summed E-state index contributed by atoms with van der Waals surface area (Å²) in [5, 5.41) is 0. The molecule has 0 aromatic rings. The van der Waals surface area contributed by atoms with Crippen molar-refractivity contribution in [2.45, 2.75) is 122 Å². The molecule has 0 unspecified atom stereocenters. The zero-order chi connectivity index (χ0) is 21.7. The Bertz CT molecular complexity index is 164. The minimum absolute atomic E-state index is 0.886. The third kappa shape index (κ3) is 56.5. The fourth-order valence-corrected chi connectivity index (χ4v) is 2.00. The lowest BCUT2D eigenvalue weighted by Gasteiger charge is -2.05. The van der Waals surface area contributed by atoms with Crippen LogP contribution in [0.25, 0.3) is 0 Å². The quantitative estimate of drug-likeness (QED) is 0.394. The lowest BCUT2D eigenvalue weighted by atomic mass is 10.0. The Hall–Kier alpha value is -0.330. The number of carbonyl (C=O) groups excluding carboxylic acids is 1. The Balaban J connectivity index is -0.000000133. The van der Waals surface area contributed by atoms with E-state index in [9.17, 15) is 0 Å². The second kappa shape index (κ2) is 24.7. The molecule has 0 spiro atoms. The van der Waals surface area contributed by atoms with E-state index >= 15 is 0 Å². The molecule has 0 heterocycles. The minimum atomic E-state index is 0.886. The fourth-order valence-electron chi connectivity index (χ4n) is 2.00. The summed E-state index contributed by atoms with van der Waals surface area (Å²) in [5.41, 5.74) is 0. The van der Waals surface area contributed by atoms with Crippen molar-refractivity contribution in [3.63, 3.8) is 0 Å². The van der Waals surface area contributed by atoms with Crippen LogP contribution in [0.3, 0.4) is 0 Å². The van der Waals surface area contributed by atoms with Crippen molar-refractivity contribution < 1.29 is 4.79 Å². The molecule has 26 heavy (non-hydrogen) atoms. The van der Waals surface area contributed by atoms with Crippen molar-refractivity contribution in [3.05, 3.63) is 0 Å². The number of carbonyl (C=O) groups is 1. The van der Waals surface area contributed by atoms with Crippen LogP contribution in [0.2, 0.25) is 0 Å². The van der Waals surface area contributed by atoms with Crippen molar-refractivity contribution in [3.8, 4) is 0 Å². The van der Waals surface area contributed by atoms with Gasteiger partial charge in [0.05, 0.1) is 0 Å².